The first-order valence-corrected chi connectivity index (χ1v) is 13.1. The maximum Gasteiger partial charge on any atom is 0.322 e. The highest BCUT2D eigenvalue weighted by molar-refractivity contribution is 9.10. The Morgan fingerprint density at radius 2 is 1.82 bits per heavy atom. The molecule has 0 aromatic heterocycles. The van der Waals surface area contributed by atoms with E-state index >= 15 is 0 Å². The highest BCUT2D eigenvalue weighted by atomic mass is 79.9. The number of halogens is 1. The van der Waals surface area contributed by atoms with Crippen LogP contribution < -0.4 is 15.0 Å². The Kier molecular flexibility index (Phi) is 8.31. The lowest BCUT2D eigenvalue weighted by molar-refractivity contribution is 0.174. The second-order valence-electron chi connectivity index (χ2n) is 9.62. The van der Waals surface area contributed by atoms with Crippen LogP contribution in [0.3, 0.4) is 0 Å². The van der Waals surface area contributed by atoms with Crippen LogP contribution in [-0.2, 0) is 6.42 Å². The molecule has 33 heavy (non-hydrogen) atoms. The fraction of sp³-hybridized carbons (Fsp3) is 0.519. The monoisotopic (exact) mass is 513 g/mol. The second kappa shape index (κ2) is 11.4. The zero-order valence-electron chi connectivity index (χ0n) is 19.8. The lowest BCUT2D eigenvalue weighted by Gasteiger charge is -2.36. The predicted molar refractivity (Wildman–Crippen MR) is 138 cm³/mol. The van der Waals surface area contributed by atoms with Crippen LogP contribution in [0.1, 0.15) is 45.1 Å². The van der Waals surface area contributed by atoms with Gasteiger partial charge in [-0.05, 0) is 101 Å². The molecule has 1 unspecified atom stereocenters. The van der Waals surface area contributed by atoms with Crippen LogP contribution in [-0.4, -0.2) is 49.3 Å². The Bertz CT molecular complexity index is 913. The van der Waals surface area contributed by atoms with Crippen molar-refractivity contribution < 1.29 is 9.53 Å². The van der Waals surface area contributed by atoms with E-state index in [0.717, 1.165) is 56.9 Å². The van der Waals surface area contributed by atoms with Gasteiger partial charge in [-0.25, -0.2) is 4.79 Å². The third kappa shape index (κ3) is 6.73. The number of likely N-dealkylation sites (tertiary alicyclic amines) is 1. The number of carbonyl (C=O) groups is 1. The Balaban J connectivity index is 1.19. The molecule has 2 aliphatic rings. The van der Waals surface area contributed by atoms with Gasteiger partial charge < -0.3 is 15.0 Å². The summed E-state index contributed by atoms with van der Waals surface area (Å²) in [4.78, 5) is 17.0. The molecule has 2 aliphatic heterocycles. The minimum absolute atomic E-state index is 0.0328. The molecule has 178 valence electrons. The molecule has 2 saturated heterocycles. The van der Waals surface area contributed by atoms with E-state index in [1.54, 1.807) is 0 Å². The van der Waals surface area contributed by atoms with E-state index < -0.39 is 0 Å². The summed E-state index contributed by atoms with van der Waals surface area (Å²) >= 11 is 3.72. The van der Waals surface area contributed by atoms with Gasteiger partial charge in [-0.1, -0.05) is 34.1 Å². The molecule has 2 aromatic carbocycles. The minimum Gasteiger partial charge on any atom is -0.491 e. The molecule has 2 amide bonds. The van der Waals surface area contributed by atoms with Gasteiger partial charge in [-0.2, -0.15) is 0 Å². The molecule has 1 N–H and O–H groups in total. The quantitative estimate of drug-likeness (QED) is 0.479. The van der Waals surface area contributed by atoms with E-state index in [4.69, 9.17) is 4.74 Å². The highest BCUT2D eigenvalue weighted by Crippen LogP contribution is 2.29. The number of ether oxygens (including phenoxy) is 1. The van der Waals surface area contributed by atoms with Crippen molar-refractivity contribution in [3.05, 3.63) is 58.6 Å². The lowest BCUT2D eigenvalue weighted by Crippen LogP contribution is -2.52. The van der Waals surface area contributed by atoms with Crippen molar-refractivity contribution in [3.8, 4) is 5.75 Å². The Labute approximate surface area is 206 Å². The van der Waals surface area contributed by atoms with Crippen LogP contribution in [0, 0.1) is 5.92 Å². The first-order chi connectivity index (χ1) is 16.0. The van der Waals surface area contributed by atoms with E-state index in [1.807, 2.05) is 41.3 Å². The van der Waals surface area contributed by atoms with Crippen molar-refractivity contribution in [3.63, 3.8) is 0 Å². The summed E-state index contributed by atoms with van der Waals surface area (Å²) in [5.41, 5.74) is 2.32. The number of nitrogens with zero attached hydrogens (tertiary/aromatic N) is 2. The van der Waals surface area contributed by atoms with Gasteiger partial charge in [0, 0.05) is 29.3 Å². The largest absolute Gasteiger partial charge is 0.491 e. The number of rotatable bonds is 8. The molecular weight excluding hydrogens is 478 g/mol. The second-order valence-corrected chi connectivity index (χ2v) is 10.5. The first-order valence-electron chi connectivity index (χ1n) is 12.3. The predicted octanol–water partition coefficient (Wildman–Crippen LogP) is 5.87. The number of anilines is 1. The molecule has 0 aliphatic carbocycles. The van der Waals surface area contributed by atoms with Crippen molar-refractivity contribution in [1.82, 2.24) is 10.2 Å². The number of nitrogens with one attached hydrogen (secondary N) is 1. The molecule has 2 heterocycles. The summed E-state index contributed by atoms with van der Waals surface area (Å²) in [6.45, 7) is 8.26. The number of piperidine rings is 1. The molecule has 2 aromatic rings. The van der Waals surface area contributed by atoms with Crippen LogP contribution in [0.2, 0.25) is 0 Å². The minimum atomic E-state index is 0.0328. The van der Waals surface area contributed by atoms with E-state index in [-0.39, 0.29) is 18.2 Å². The van der Waals surface area contributed by atoms with Gasteiger partial charge in [0.15, 0.2) is 0 Å². The number of urea groups is 1. The van der Waals surface area contributed by atoms with E-state index in [1.165, 1.54) is 22.9 Å². The first kappa shape index (κ1) is 24.1. The van der Waals surface area contributed by atoms with Crippen molar-refractivity contribution in [2.45, 2.75) is 58.1 Å². The summed E-state index contributed by atoms with van der Waals surface area (Å²) in [5.74, 6) is 1.67. The number of carbonyl (C=O) groups excluding carboxylic acids is 1. The Morgan fingerprint density at radius 1 is 1.06 bits per heavy atom. The molecule has 0 saturated carbocycles. The van der Waals surface area contributed by atoms with Gasteiger partial charge in [-0.15, -0.1) is 0 Å². The number of para-hydroxylation sites is 1. The molecule has 0 bridgehead atoms. The maximum atomic E-state index is 12.6. The SMILES string of the molecule is CC(C)Oc1ccc(Br)c(CC2CCN(CCC3CCN(c4ccccc4)C(=O)N3)CC2)c1. The number of amides is 2. The number of benzene rings is 2. The van der Waals surface area contributed by atoms with Crippen LogP contribution >= 0.6 is 15.9 Å². The smallest absolute Gasteiger partial charge is 0.322 e. The molecule has 2 fully saturated rings. The summed E-state index contributed by atoms with van der Waals surface area (Å²) in [7, 11) is 0. The van der Waals surface area contributed by atoms with Crippen molar-refractivity contribution in [1.29, 1.82) is 0 Å². The van der Waals surface area contributed by atoms with Crippen LogP contribution in [0.5, 0.6) is 5.75 Å². The average Bonchev–Trinajstić information content (AvgIpc) is 2.81. The topological polar surface area (TPSA) is 44.8 Å². The van der Waals surface area contributed by atoms with E-state index in [9.17, 15) is 4.79 Å². The normalized spacial score (nSPS) is 20.2. The van der Waals surface area contributed by atoms with Crippen molar-refractivity contribution >= 4 is 27.6 Å². The fourth-order valence-corrected chi connectivity index (χ4v) is 5.31. The van der Waals surface area contributed by atoms with Crippen molar-refractivity contribution in [2.24, 2.45) is 5.92 Å². The van der Waals surface area contributed by atoms with Gasteiger partial charge in [0.25, 0.3) is 0 Å². The fourth-order valence-electron chi connectivity index (χ4n) is 4.90. The maximum absolute atomic E-state index is 12.6. The molecule has 0 spiro atoms. The third-order valence-electron chi connectivity index (χ3n) is 6.74. The van der Waals surface area contributed by atoms with Crippen molar-refractivity contribution in [2.75, 3.05) is 31.1 Å². The van der Waals surface area contributed by atoms with E-state index in [0.29, 0.717) is 5.92 Å². The summed E-state index contributed by atoms with van der Waals surface area (Å²) in [6.07, 6.45) is 5.76. The molecule has 5 nitrogen and oxygen atoms in total. The molecule has 0 radical (unpaired) electrons. The summed E-state index contributed by atoms with van der Waals surface area (Å²) < 4.78 is 7.06. The third-order valence-corrected chi connectivity index (χ3v) is 7.51. The van der Waals surface area contributed by atoms with Gasteiger partial charge in [0.05, 0.1) is 6.10 Å². The molecule has 1 atom stereocenters. The zero-order chi connectivity index (χ0) is 23.2. The van der Waals surface area contributed by atoms with E-state index in [2.05, 4.69) is 52.1 Å². The van der Waals surface area contributed by atoms with Crippen LogP contribution in [0.4, 0.5) is 10.5 Å². The zero-order valence-corrected chi connectivity index (χ0v) is 21.4. The highest BCUT2D eigenvalue weighted by Gasteiger charge is 2.27. The average molecular weight is 515 g/mol. The molecule has 6 heteroatoms. The van der Waals surface area contributed by atoms with Crippen LogP contribution in [0.25, 0.3) is 0 Å². The molecule has 4 rings (SSSR count). The van der Waals surface area contributed by atoms with Gasteiger partial charge >= 0.3 is 6.03 Å². The standard InChI is InChI=1S/C27H36BrN3O2/c1-20(2)33-25-8-9-26(28)22(19-25)18-21-10-14-30(15-11-21)16-12-23-13-17-31(27(32)29-23)24-6-4-3-5-7-24/h3-9,19-21,23H,10-18H2,1-2H3,(H,29,32). The lowest BCUT2D eigenvalue weighted by atomic mass is 9.90. The summed E-state index contributed by atoms with van der Waals surface area (Å²) in [6, 6.07) is 16.6. The number of hydrogen-bond acceptors (Lipinski definition) is 3. The van der Waals surface area contributed by atoms with Gasteiger partial charge in [-0.3, -0.25) is 4.90 Å². The van der Waals surface area contributed by atoms with Gasteiger partial charge in [0.2, 0.25) is 0 Å². The Morgan fingerprint density at radius 3 is 2.52 bits per heavy atom. The Hall–Kier alpha value is -2.05. The number of hydrogen-bond donors (Lipinski definition) is 1. The van der Waals surface area contributed by atoms with Crippen LogP contribution in [0.15, 0.2) is 53.0 Å². The summed E-state index contributed by atoms with van der Waals surface area (Å²) in [5, 5.41) is 3.21. The van der Waals surface area contributed by atoms with Gasteiger partial charge in [0.1, 0.15) is 5.75 Å². The molecular formula is C27H36BrN3O2.